The zero-order valence-corrected chi connectivity index (χ0v) is 11.6. The summed E-state index contributed by atoms with van der Waals surface area (Å²) < 4.78 is 40.6. The maximum Gasteiger partial charge on any atom is 0.257 e. The van der Waals surface area contributed by atoms with Gasteiger partial charge in [-0.3, -0.25) is 4.79 Å². The van der Waals surface area contributed by atoms with Gasteiger partial charge < -0.3 is 4.90 Å². The van der Waals surface area contributed by atoms with Gasteiger partial charge in [-0.1, -0.05) is 24.3 Å². The molecule has 2 aromatic carbocycles. The van der Waals surface area contributed by atoms with Gasteiger partial charge in [0, 0.05) is 12.6 Å². The maximum absolute atomic E-state index is 13.7. The van der Waals surface area contributed by atoms with Crippen LogP contribution in [0, 0.1) is 17.5 Å². The van der Waals surface area contributed by atoms with Crippen molar-refractivity contribution >= 4 is 5.91 Å². The van der Waals surface area contributed by atoms with Crippen molar-refractivity contribution < 1.29 is 18.0 Å². The molecule has 0 aliphatic rings. The molecule has 2 nitrogen and oxygen atoms in total. The summed E-state index contributed by atoms with van der Waals surface area (Å²) in [6.45, 7) is 1.62. The van der Waals surface area contributed by atoms with Crippen LogP contribution in [-0.2, 0) is 0 Å². The lowest BCUT2D eigenvalue weighted by molar-refractivity contribution is 0.0734. The summed E-state index contributed by atoms with van der Waals surface area (Å²) in [7, 11) is 1.42. The van der Waals surface area contributed by atoms with Crippen LogP contribution in [0.5, 0.6) is 0 Å². The summed E-state index contributed by atoms with van der Waals surface area (Å²) in [5.41, 5.74) is -0.0640. The van der Waals surface area contributed by atoms with Crippen molar-refractivity contribution in [2.75, 3.05) is 7.05 Å². The molecule has 5 heteroatoms. The topological polar surface area (TPSA) is 20.3 Å². The van der Waals surface area contributed by atoms with Gasteiger partial charge in [-0.15, -0.1) is 0 Å². The second-order valence-electron chi connectivity index (χ2n) is 4.71. The van der Waals surface area contributed by atoms with E-state index in [0.29, 0.717) is 5.56 Å². The molecule has 0 bridgehead atoms. The van der Waals surface area contributed by atoms with Crippen molar-refractivity contribution in [2.45, 2.75) is 13.0 Å². The highest BCUT2D eigenvalue weighted by atomic mass is 19.2. The highest BCUT2D eigenvalue weighted by Gasteiger charge is 2.24. The number of halogens is 3. The van der Waals surface area contributed by atoms with E-state index in [9.17, 15) is 18.0 Å². The summed E-state index contributed by atoms with van der Waals surface area (Å²) in [4.78, 5) is 13.4. The van der Waals surface area contributed by atoms with Crippen molar-refractivity contribution in [2.24, 2.45) is 0 Å². The lowest BCUT2D eigenvalue weighted by Crippen LogP contribution is -2.31. The summed E-state index contributed by atoms with van der Waals surface area (Å²) >= 11 is 0. The third kappa shape index (κ3) is 2.91. The summed E-state index contributed by atoms with van der Waals surface area (Å²) in [6, 6.07) is 8.81. The Balaban J connectivity index is 2.31. The first-order valence-corrected chi connectivity index (χ1v) is 6.39. The number of benzene rings is 2. The van der Waals surface area contributed by atoms with Crippen LogP contribution in [-0.4, -0.2) is 17.9 Å². The molecule has 0 radical (unpaired) electrons. The van der Waals surface area contributed by atoms with Gasteiger partial charge in [0.2, 0.25) is 0 Å². The predicted octanol–water partition coefficient (Wildman–Crippen LogP) is 3.94. The third-order valence-corrected chi connectivity index (χ3v) is 3.44. The van der Waals surface area contributed by atoms with Gasteiger partial charge in [0.1, 0.15) is 5.82 Å². The van der Waals surface area contributed by atoms with E-state index in [1.807, 2.05) is 0 Å². The Morgan fingerprint density at radius 3 is 2.29 bits per heavy atom. The molecule has 0 aliphatic carbocycles. The minimum absolute atomic E-state index is 0.310. The molecule has 2 rings (SSSR count). The number of rotatable bonds is 3. The fraction of sp³-hybridized carbons (Fsp3) is 0.188. The van der Waals surface area contributed by atoms with E-state index in [-0.39, 0.29) is 5.56 Å². The Kier molecular flexibility index (Phi) is 4.31. The molecule has 1 atom stereocenters. The molecule has 0 spiro atoms. The van der Waals surface area contributed by atoms with Crippen LogP contribution in [0.25, 0.3) is 0 Å². The zero-order chi connectivity index (χ0) is 15.6. The minimum atomic E-state index is -1.20. The molecular formula is C16H14F3NO. The van der Waals surface area contributed by atoms with Crippen molar-refractivity contribution in [3.05, 3.63) is 71.0 Å². The molecule has 2 aromatic rings. The molecule has 1 unspecified atom stereocenters. The first kappa shape index (κ1) is 15.1. The van der Waals surface area contributed by atoms with Gasteiger partial charge in [-0.25, -0.2) is 13.2 Å². The standard InChI is InChI=1S/C16H14F3NO/c1-10(11-6-3-4-8-13(11)17)20(2)16(21)12-7-5-9-14(18)15(12)19/h3-10H,1-2H3. The first-order valence-electron chi connectivity index (χ1n) is 6.39. The minimum Gasteiger partial charge on any atom is -0.335 e. The van der Waals surface area contributed by atoms with E-state index in [4.69, 9.17) is 0 Å². The van der Waals surface area contributed by atoms with E-state index >= 15 is 0 Å². The molecule has 0 fully saturated rings. The van der Waals surface area contributed by atoms with Gasteiger partial charge in [0.25, 0.3) is 5.91 Å². The number of hydrogen-bond donors (Lipinski definition) is 0. The van der Waals surface area contributed by atoms with Gasteiger partial charge in [0.05, 0.1) is 11.6 Å². The Hall–Kier alpha value is -2.30. The number of carbonyl (C=O) groups excluding carboxylic acids is 1. The SMILES string of the molecule is CC(c1ccccc1F)N(C)C(=O)c1cccc(F)c1F. The highest BCUT2D eigenvalue weighted by Crippen LogP contribution is 2.24. The van der Waals surface area contributed by atoms with Gasteiger partial charge in [-0.05, 0) is 25.1 Å². The number of carbonyl (C=O) groups is 1. The van der Waals surface area contributed by atoms with E-state index in [2.05, 4.69) is 0 Å². The fourth-order valence-corrected chi connectivity index (χ4v) is 2.06. The normalized spacial score (nSPS) is 12.0. The Bertz CT molecular complexity index is 672. The molecule has 0 aromatic heterocycles. The van der Waals surface area contributed by atoms with Gasteiger partial charge in [0.15, 0.2) is 11.6 Å². The molecule has 110 valence electrons. The smallest absolute Gasteiger partial charge is 0.257 e. The average molecular weight is 293 g/mol. The monoisotopic (exact) mass is 293 g/mol. The van der Waals surface area contributed by atoms with Crippen LogP contribution in [0.2, 0.25) is 0 Å². The summed E-state index contributed by atoms with van der Waals surface area (Å²) in [5, 5.41) is 0. The van der Waals surface area contributed by atoms with E-state index in [1.165, 1.54) is 30.1 Å². The second kappa shape index (κ2) is 5.99. The van der Waals surface area contributed by atoms with E-state index < -0.39 is 29.4 Å². The largest absolute Gasteiger partial charge is 0.335 e. The van der Waals surface area contributed by atoms with Crippen LogP contribution in [0.15, 0.2) is 42.5 Å². The number of amides is 1. The van der Waals surface area contributed by atoms with Gasteiger partial charge in [-0.2, -0.15) is 0 Å². The third-order valence-electron chi connectivity index (χ3n) is 3.44. The van der Waals surface area contributed by atoms with Crippen LogP contribution in [0.3, 0.4) is 0 Å². The van der Waals surface area contributed by atoms with Crippen molar-refractivity contribution in [3.63, 3.8) is 0 Å². The number of nitrogens with zero attached hydrogens (tertiary/aromatic N) is 1. The highest BCUT2D eigenvalue weighted by molar-refractivity contribution is 5.94. The quantitative estimate of drug-likeness (QED) is 0.839. The lowest BCUT2D eigenvalue weighted by Gasteiger charge is -2.26. The van der Waals surface area contributed by atoms with Gasteiger partial charge >= 0.3 is 0 Å². The number of hydrogen-bond acceptors (Lipinski definition) is 1. The Labute approximate surface area is 120 Å². The molecule has 1 amide bonds. The first-order chi connectivity index (χ1) is 9.93. The molecule has 21 heavy (non-hydrogen) atoms. The van der Waals surface area contributed by atoms with Crippen molar-refractivity contribution in [1.82, 2.24) is 4.90 Å². The van der Waals surface area contributed by atoms with Crippen LogP contribution in [0.1, 0.15) is 28.9 Å². The lowest BCUT2D eigenvalue weighted by atomic mass is 10.1. The van der Waals surface area contributed by atoms with Crippen LogP contribution in [0.4, 0.5) is 13.2 Å². The van der Waals surface area contributed by atoms with Crippen molar-refractivity contribution in [3.8, 4) is 0 Å². The summed E-state index contributed by atoms with van der Waals surface area (Å²) in [6.07, 6.45) is 0. The fourth-order valence-electron chi connectivity index (χ4n) is 2.06. The second-order valence-corrected chi connectivity index (χ2v) is 4.71. The molecule has 0 saturated carbocycles. The maximum atomic E-state index is 13.7. The Morgan fingerprint density at radius 2 is 1.62 bits per heavy atom. The van der Waals surface area contributed by atoms with E-state index in [0.717, 1.165) is 6.07 Å². The molecule has 0 saturated heterocycles. The zero-order valence-electron chi connectivity index (χ0n) is 11.6. The molecule has 0 aliphatic heterocycles. The molecule has 0 N–H and O–H groups in total. The Morgan fingerprint density at radius 1 is 1.00 bits per heavy atom. The summed E-state index contributed by atoms with van der Waals surface area (Å²) in [5.74, 6) is -3.45. The average Bonchev–Trinajstić information content (AvgIpc) is 2.48. The molecule has 0 heterocycles. The van der Waals surface area contributed by atoms with Crippen molar-refractivity contribution in [1.29, 1.82) is 0 Å². The molecular weight excluding hydrogens is 279 g/mol. The van der Waals surface area contributed by atoms with E-state index in [1.54, 1.807) is 25.1 Å². The van der Waals surface area contributed by atoms with Crippen LogP contribution >= 0.6 is 0 Å². The van der Waals surface area contributed by atoms with Crippen LogP contribution < -0.4 is 0 Å². The predicted molar refractivity (Wildman–Crippen MR) is 73.3 cm³/mol.